The van der Waals surface area contributed by atoms with Crippen LogP contribution in [0.5, 0.6) is 0 Å². The summed E-state index contributed by atoms with van der Waals surface area (Å²) in [4.78, 5) is 33.3. The quantitative estimate of drug-likeness (QED) is 0.664. The van der Waals surface area contributed by atoms with Gasteiger partial charge < -0.3 is 20.1 Å². The first-order chi connectivity index (χ1) is 14.9. The number of para-hydroxylation sites is 1. The highest BCUT2D eigenvalue weighted by Gasteiger charge is 2.23. The van der Waals surface area contributed by atoms with Gasteiger partial charge in [-0.1, -0.05) is 24.3 Å². The maximum absolute atomic E-state index is 13.2. The zero-order valence-electron chi connectivity index (χ0n) is 18.4. The minimum absolute atomic E-state index is 0.0283. The zero-order chi connectivity index (χ0) is 22.0. The topological polar surface area (TPSA) is 68.4 Å². The van der Waals surface area contributed by atoms with E-state index in [0.29, 0.717) is 23.0 Å². The lowest BCUT2D eigenvalue weighted by molar-refractivity contribution is 0.0758. The van der Waals surface area contributed by atoms with Crippen LogP contribution in [0.1, 0.15) is 45.7 Å². The fourth-order valence-corrected chi connectivity index (χ4v) is 4.26. The second-order valence-electron chi connectivity index (χ2n) is 8.59. The van der Waals surface area contributed by atoms with E-state index < -0.39 is 0 Å². The smallest absolute Gasteiger partial charge is 0.272 e. The van der Waals surface area contributed by atoms with E-state index in [1.54, 1.807) is 6.07 Å². The van der Waals surface area contributed by atoms with E-state index in [9.17, 15) is 9.59 Å². The average Bonchev–Trinajstić information content (AvgIpc) is 3.04. The molecule has 1 atom stereocenters. The number of aromatic amines is 1. The summed E-state index contributed by atoms with van der Waals surface area (Å²) in [6.45, 7) is 3.46. The van der Waals surface area contributed by atoms with Gasteiger partial charge in [-0.15, -0.1) is 0 Å². The Hall–Kier alpha value is -3.12. The predicted molar refractivity (Wildman–Crippen MR) is 125 cm³/mol. The summed E-state index contributed by atoms with van der Waals surface area (Å²) in [7, 11) is 4.20. The van der Waals surface area contributed by atoms with Crippen LogP contribution >= 0.6 is 0 Å². The van der Waals surface area contributed by atoms with Crippen molar-refractivity contribution in [3.8, 4) is 0 Å². The Bertz CT molecular complexity index is 1070. The van der Waals surface area contributed by atoms with Crippen molar-refractivity contribution < 1.29 is 9.59 Å². The molecule has 2 aromatic carbocycles. The largest absolute Gasteiger partial charge is 0.351 e. The maximum atomic E-state index is 13.2. The number of likely N-dealkylation sites (tertiary alicyclic amines) is 1. The summed E-state index contributed by atoms with van der Waals surface area (Å²) in [6, 6.07) is 15.7. The summed E-state index contributed by atoms with van der Waals surface area (Å²) < 4.78 is 0. The lowest BCUT2D eigenvalue weighted by atomic mass is 10.1. The minimum atomic E-state index is -0.215. The molecule has 0 spiro atoms. The van der Waals surface area contributed by atoms with Gasteiger partial charge in [0.1, 0.15) is 5.69 Å². The first-order valence-corrected chi connectivity index (χ1v) is 10.9. The molecule has 6 nitrogen and oxygen atoms in total. The average molecular weight is 419 g/mol. The van der Waals surface area contributed by atoms with E-state index in [1.807, 2.05) is 54.3 Å². The second kappa shape index (κ2) is 8.94. The molecular formula is C25H30N4O2. The molecule has 2 heterocycles. The van der Waals surface area contributed by atoms with Crippen molar-refractivity contribution in [1.82, 2.24) is 14.8 Å². The van der Waals surface area contributed by atoms with Crippen LogP contribution in [0.25, 0.3) is 10.9 Å². The van der Waals surface area contributed by atoms with Gasteiger partial charge in [0.15, 0.2) is 0 Å². The first-order valence-electron chi connectivity index (χ1n) is 10.9. The number of anilines is 1. The molecule has 1 aromatic heterocycles. The van der Waals surface area contributed by atoms with Crippen molar-refractivity contribution in [2.24, 2.45) is 0 Å². The van der Waals surface area contributed by atoms with Crippen LogP contribution < -0.4 is 5.32 Å². The van der Waals surface area contributed by atoms with Crippen molar-refractivity contribution in [3.05, 3.63) is 65.4 Å². The summed E-state index contributed by atoms with van der Waals surface area (Å²) in [5.41, 5.74) is 3.62. The number of benzene rings is 2. The number of amides is 2. The van der Waals surface area contributed by atoms with Gasteiger partial charge >= 0.3 is 0 Å². The molecule has 0 saturated carbocycles. The molecule has 1 fully saturated rings. The third kappa shape index (κ3) is 4.64. The third-order valence-corrected chi connectivity index (χ3v) is 6.22. The van der Waals surface area contributed by atoms with Gasteiger partial charge in [-0.2, -0.15) is 0 Å². The lowest BCUT2D eigenvalue weighted by Gasteiger charge is -2.23. The van der Waals surface area contributed by atoms with E-state index in [4.69, 9.17) is 0 Å². The number of aryl methyl sites for hydroxylation is 1. The van der Waals surface area contributed by atoms with Gasteiger partial charge in [0.05, 0.1) is 0 Å². The standard InChI is InChI=1S/C25H30N4O2/c1-17-10-11-19(25(31)29-13-6-8-20(12-14-29)28(2)3)16-22(17)27-24(30)23-15-18-7-4-5-9-21(18)26-23/h4-5,7,9-11,15-16,20,26H,6,8,12-14H2,1-3H3,(H,27,30). The Balaban J connectivity index is 1.50. The van der Waals surface area contributed by atoms with Crippen molar-refractivity contribution >= 4 is 28.4 Å². The third-order valence-electron chi connectivity index (χ3n) is 6.22. The van der Waals surface area contributed by atoms with Crippen LogP contribution in [-0.4, -0.2) is 59.8 Å². The first kappa shape index (κ1) is 21.1. The number of nitrogens with one attached hydrogen (secondary N) is 2. The van der Waals surface area contributed by atoms with Gasteiger partial charge in [-0.05, 0) is 70.1 Å². The molecule has 4 rings (SSSR count). The molecule has 31 heavy (non-hydrogen) atoms. The fourth-order valence-electron chi connectivity index (χ4n) is 4.26. The molecule has 6 heteroatoms. The lowest BCUT2D eigenvalue weighted by Crippen LogP contribution is -2.33. The van der Waals surface area contributed by atoms with E-state index in [0.717, 1.165) is 48.8 Å². The van der Waals surface area contributed by atoms with E-state index in [1.165, 1.54) is 0 Å². The number of carbonyl (C=O) groups is 2. The van der Waals surface area contributed by atoms with Crippen LogP contribution in [0.2, 0.25) is 0 Å². The van der Waals surface area contributed by atoms with Crippen LogP contribution in [0.3, 0.4) is 0 Å². The van der Waals surface area contributed by atoms with E-state index in [2.05, 4.69) is 29.3 Å². The number of rotatable bonds is 4. The van der Waals surface area contributed by atoms with Crippen molar-refractivity contribution in [3.63, 3.8) is 0 Å². The van der Waals surface area contributed by atoms with Gasteiger partial charge in [-0.25, -0.2) is 0 Å². The normalized spacial score (nSPS) is 17.0. The minimum Gasteiger partial charge on any atom is -0.351 e. The number of hydrogen-bond donors (Lipinski definition) is 2. The molecule has 3 aromatic rings. The summed E-state index contributed by atoms with van der Waals surface area (Å²) in [5, 5.41) is 3.96. The van der Waals surface area contributed by atoms with Gasteiger partial charge in [0.2, 0.25) is 0 Å². The van der Waals surface area contributed by atoms with Crippen molar-refractivity contribution in [1.29, 1.82) is 0 Å². The molecule has 1 saturated heterocycles. The monoisotopic (exact) mass is 418 g/mol. The second-order valence-corrected chi connectivity index (χ2v) is 8.59. The number of H-pyrrole nitrogens is 1. The summed E-state index contributed by atoms with van der Waals surface area (Å²) in [6.07, 6.45) is 3.09. The Labute approximate surface area is 183 Å². The predicted octanol–water partition coefficient (Wildman–Crippen LogP) is 4.28. The van der Waals surface area contributed by atoms with Crippen molar-refractivity contribution in [2.75, 3.05) is 32.5 Å². The molecule has 2 amide bonds. The highest BCUT2D eigenvalue weighted by atomic mass is 16.2. The van der Waals surface area contributed by atoms with E-state index in [-0.39, 0.29) is 11.8 Å². The van der Waals surface area contributed by atoms with E-state index >= 15 is 0 Å². The highest BCUT2D eigenvalue weighted by molar-refractivity contribution is 6.07. The SMILES string of the molecule is Cc1ccc(C(=O)N2CCCC(N(C)C)CC2)cc1NC(=O)c1cc2ccccc2[nH]1. The van der Waals surface area contributed by atoms with Crippen LogP contribution in [-0.2, 0) is 0 Å². The van der Waals surface area contributed by atoms with Crippen LogP contribution in [0, 0.1) is 6.92 Å². The van der Waals surface area contributed by atoms with Crippen molar-refractivity contribution in [2.45, 2.75) is 32.2 Å². The molecule has 1 aliphatic rings. The number of aromatic nitrogens is 1. The Morgan fingerprint density at radius 1 is 1.06 bits per heavy atom. The molecule has 0 bridgehead atoms. The molecular weight excluding hydrogens is 388 g/mol. The Morgan fingerprint density at radius 2 is 1.87 bits per heavy atom. The molecule has 1 unspecified atom stereocenters. The maximum Gasteiger partial charge on any atom is 0.272 e. The zero-order valence-corrected chi connectivity index (χ0v) is 18.4. The Morgan fingerprint density at radius 3 is 2.65 bits per heavy atom. The van der Waals surface area contributed by atoms with Gasteiger partial charge in [-0.3, -0.25) is 9.59 Å². The molecule has 0 aliphatic carbocycles. The summed E-state index contributed by atoms with van der Waals surface area (Å²) >= 11 is 0. The number of nitrogens with zero attached hydrogens (tertiary/aromatic N) is 2. The van der Waals surface area contributed by atoms with Crippen LogP contribution in [0.4, 0.5) is 5.69 Å². The van der Waals surface area contributed by atoms with Gasteiger partial charge in [0.25, 0.3) is 11.8 Å². The fraction of sp³-hybridized carbons (Fsp3) is 0.360. The van der Waals surface area contributed by atoms with Crippen LogP contribution in [0.15, 0.2) is 48.5 Å². The Kier molecular flexibility index (Phi) is 6.09. The molecule has 162 valence electrons. The summed E-state index contributed by atoms with van der Waals surface area (Å²) in [5.74, 6) is -0.187. The van der Waals surface area contributed by atoms with Gasteiger partial charge in [0, 0.05) is 41.3 Å². The molecule has 1 aliphatic heterocycles. The number of hydrogen-bond acceptors (Lipinski definition) is 3. The molecule has 0 radical (unpaired) electrons. The molecule has 2 N–H and O–H groups in total. The number of fused-ring (bicyclic) bond motifs is 1. The highest BCUT2D eigenvalue weighted by Crippen LogP contribution is 2.22. The number of carbonyl (C=O) groups excluding carboxylic acids is 2.